The van der Waals surface area contributed by atoms with Crippen LogP contribution in [-0.4, -0.2) is 17.0 Å². The summed E-state index contributed by atoms with van der Waals surface area (Å²) in [5, 5.41) is 0.739. The maximum absolute atomic E-state index is 6.10. The average molecular weight is 237 g/mol. The van der Waals surface area contributed by atoms with Gasteiger partial charge in [0.25, 0.3) is 0 Å². The third kappa shape index (κ3) is 5.57. The Morgan fingerprint density at radius 1 is 1.25 bits per heavy atom. The van der Waals surface area contributed by atoms with E-state index in [4.69, 9.17) is 5.73 Å². The second-order valence-electron chi connectivity index (χ2n) is 4.34. The summed E-state index contributed by atoms with van der Waals surface area (Å²) >= 11 is 1.99. The van der Waals surface area contributed by atoms with Crippen molar-refractivity contribution in [1.29, 1.82) is 0 Å². The van der Waals surface area contributed by atoms with Gasteiger partial charge in [0.05, 0.1) is 0 Å². The molecule has 0 fully saturated rings. The SMILES string of the molecule is CCC(C)SCC(N)CCc1ccccc1. The van der Waals surface area contributed by atoms with E-state index in [2.05, 4.69) is 44.2 Å². The molecular weight excluding hydrogens is 214 g/mol. The first-order valence-electron chi connectivity index (χ1n) is 6.13. The quantitative estimate of drug-likeness (QED) is 0.785. The Morgan fingerprint density at radius 3 is 2.56 bits per heavy atom. The van der Waals surface area contributed by atoms with Gasteiger partial charge in [-0.05, 0) is 24.8 Å². The Bertz CT molecular complexity index is 273. The number of thioether (sulfide) groups is 1. The number of nitrogens with two attached hydrogens (primary N) is 1. The van der Waals surface area contributed by atoms with Gasteiger partial charge in [-0.2, -0.15) is 11.8 Å². The highest BCUT2D eigenvalue weighted by Crippen LogP contribution is 2.15. The molecule has 1 nitrogen and oxygen atoms in total. The van der Waals surface area contributed by atoms with Gasteiger partial charge in [0.1, 0.15) is 0 Å². The lowest BCUT2D eigenvalue weighted by atomic mass is 10.1. The second-order valence-corrected chi connectivity index (χ2v) is 5.81. The van der Waals surface area contributed by atoms with Gasteiger partial charge in [0.2, 0.25) is 0 Å². The van der Waals surface area contributed by atoms with Crippen LogP contribution in [0.4, 0.5) is 0 Å². The zero-order chi connectivity index (χ0) is 11.8. The van der Waals surface area contributed by atoms with Gasteiger partial charge in [-0.1, -0.05) is 44.2 Å². The summed E-state index contributed by atoms with van der Waals surface area (Å²) in [5.41, 5.74) is 7.50. The summed E-state index contributed by atoms with van der Waals surface area (Å²) in [6.07, 6.45) is 3.42. The third-order valence-corrected chi connectivity index (χ3v) is 4.34. The molecule has 0 aliphatic rings. The summed E-state index contributed by atoms with van der Waals surface area (Å²) in [6.45, 7) is 4.50. The second kappa shape index (κ2) is 7.75. The van der Waals surface area contributed by atoms with E-state index in [1.54, 1.807) is 0 Å². The van der Waals surface area contributed by atoms with Crippen molar-refractivity contribution in [2.24, 2.45) is 5.73 Å². The Hall–Kier alpha value is -0.470. The van der Waals surface area contributed by atoms with E-state index in [1.165, 1.54) is 12.0 Å². The number of hydrogen-bond acceptors (Lipinski definition) is 2. The van der Waals surface area contributed by atoms with Crippen molar-refractivity contribution in [3.8, 4) is 0 Å². The van der Waals surface area contributed by atoms with Crippen LogP contribution in [0, 0.1) is 0 Å². The van der Waals surface area contributed by atoms with Gasteiger partial charge in [-0.3, -0.25) is 0 Å². The lowest BCUT2D eigenvalue weighted by Gasteiger charge is -2.14. The van der Waals surface area contributed by atoms with Crippen molar-refractivity contribution < 1.29 is 0 Å². The highest BCUT2D eigenvalue weighted by molar-refractivity contribution is 7.99. The van der Waals surface area contributed by atoms with Crippen molar-refractivity contribution in [3.63, 3.8) is 0 Å². The molecule has 0 bridgehead atoms. The summed E-state index contributed by atoms with van der Waals surface area (Å²) in [6, 6.07) is 10.9. The zero-order valence-electron chi connectivity index (χ0n) is 10.4. The minimum absolute atomic E-state index is 0.333. The van der Waals surface area contributed by atoms with Gasteiger partial charge in [-0.15, -0.1) is 0 Å². The van der Waals surface area contributed by atoms with Gasteiger partial charge in [0.15, 0.2) is 0 Å². The van der Waals surface area contributed by atoms with Crippen molar-refractivity contribution in [2.75, 3.05) is 5.75 Å². The summed E-state index contributed by atoms with van der Waals surface area (Å²) < 4.78 is 0. The van der Waals surface area contributed by atoms with Crippen LogP contribution < -0.4 is 5.73 Å². The van der Waals surface area contributed by atoms with Gasteiger partial charge in [-0.25, -0.2) is 0 Å². The fraction of sp³-hybridized carbons (Fsp3) is 0.571. The van der Waals surface area contributed by atoms with Crippen LogP contribution in [-0.2, 0) is 6.42 Å². The molecule has 2 heteroatoms. The average Bonchev–Trinajstić information content (AvgIpc) is 2.34. The van der Waals surface area contributed by atoms with Gasteiger partial charge < -0.3 is 5.73 Å². The smallest absolute Gasteiger partial charge is 0.0133 e. The number of hydrogen-bond donors (Lipinski definition) is 1. The number of benzene rings is 1. The maximum atomic E-state index is 6.10. The molecule has 0 aromatic heterocycles. The van der Waals surface area contributed by atoms with Crippen LogP contribution in [0.15, 0.2) is 30.3 Å². The molecule has 0 amide bonds. The molecule has 1 aromatic carbocycles. The van der Waals surface area contributed by atoms with Gasteiger partial charge in [0, 0.05) is 17.0 Å². The normalized spacial score (nSPS) is 14.7. The highest BCUT2D eigenvalue weighted by Gasteiger charge is 2.06. The van der Waals surface area contributed by atoms with Crippen LogP contribution in [0.5, 0.6) is 0 Å². The molecule has 0 saturated carbocycles. The predicted molar refractivity (Wildman–Crippen MR) is 74.9 cm³/mol. The molecule has 0 radical (unpaired) electrons. The van der Waals surface area contributed by atoms with Crippen molar-refractivity contribution in [2.45, 2.75) is 44.4 Å². The highest BCUT2D eigenvalue weighted by atomic mass is 32.2. The first-order chi connectivity index (χ1) is 7.72. The minimum Gasteiger partial charge on any atom is -0.327 e. The van der Waals surface area contributed by atoms with Crippen LogP contribution in [0.25, 0.3) is 0 Å². The molecule has 0 saturated heterocycles. The number of rotatable bonds is 7. The lowest BCUT2D eigenvalue weighted by Crippen LogP contribution is -2.24. The monoisotopic (exact) mass is 237 g/mol. The Morgan fingerprint density at radius 2 is 1.94 bits per heavy atom. The van der Waals surface area contributed by atoms with Crippen LogP contribution >= 0.6 is 11.8 Å². The first kappa shape index (κ1) is 13.6. The van der Waals surface area contributed by atoms with Crippen LogP contribution in [0.1, 0.15) is 32.3 Å². The molecule has 1 rings (SSSR count). The van der Waals surface area contributed by atoms with E-state index in [9.17, 15) is 0 Å². The summed E-state index contributed by atoms with van der Waals surface area (Å²) in [4.78, 5) is 0. The standard InChI is InChI=1S/C14H23NS/c1-3-12(2)16-11-14(15)10-9-13-7-5-4-6-8-13/h4-8,12,14H,3,9-11,15H2,1-2H3. The van der Waals surface area contributed by atoms with E-state index in [-0.39, 0.29) is 0 Å². The first-order valence-corrected chi connectivity index (χ1v) is 7.18. The van der Waals surface area contributed by atoms with E-state index >= 15 is 0 Å². The van der Waals surface area contributed by atoms with Crippen LogP contribution in [0.2, 0.25) is 0 Å². The van der Waals surface area contributed by atoms with Crippen molar-refractivity contribution in [3.05, 3.63) is 35.9 Å². The molecule has 2 N–H and O–H groups in total. The van der Waals surface area contributed by atoms with Gasteiger partial charge >= 0.3 is 0 Å². The Balaban J connectivity index is 2.18. The topological polar surface area (TPSA) is 26.0 Å². The van der Waals surface area contributed by atoms with Crippen molar-refractivity contribution >= 4 is 11.8 Å². The van der Waals surface area contributed by atoms with E-state index in [0.717, 1.165) is 23.8 Å². The molecule has 0 spiro atoms. The molecule has 1 aromatic rings. The minimum atomic E-state index is 0.333. The fourth-order valence-electron chi connectivity index (χ4n) is 1.49. The molecule has 2 atom stereocenters. The summed E-state index contributed by atoms with van der Waals surface area (Å²) in [5.74, 6) is 1.09. The molecule has 0 aliphatic carbocycles. The molecular formula is C14H23NS. The lowest BCUT2D eigenvalue weighted by molar-refractivity contribution is 0.673. The van der Waals surface area contributed by atoms with E-state index < -0.39 is 0 Å². The molecule has 0 heterocycles. The van der Waals surface area contributed by atoms with E-state index in [0.29, 0.717) is 6.04 Å². The van der Waals surface area contributed by atoms with E-state index in [1.807, 2.05) is 11.8 Å². The van der Waals surface area contributed by atoms with Crippen LogP contribution in [0.3, 0.4) is 0 Å². The predicted octanol–water partition coefficient (Wildman–Crippen LogP) is 3.48. The zero-order valence-corrected chi connectivity index (χ0v) is 11.2. The Labute approximate surface area is 104 Å². The molecule has 2 unspecified atom stereocenters. The fourth-order valence-corrected chi connectivity index (χ4v) is 2.46. The molecule has 16 heavy (non-hydrogen) atoms. The summed E-state index contributed by atoms with van der Waals surface area (Å²) in [7, 11) is 0. The Kier molecular flexibility index (Phi) is 6.58. The van der Waals surface area contributed by atoms with Crippen molar-refractivity contribution in [1.82, 2.24) is 0 Å². The number of aryl methyl sites for hydroxylation is 1. The molecule has 0 aliphatic heterocycles. The molecule has 90 valence electrons. The largest absolute Gasteiger partial charge is 0.327 e. The maximum Gasteiger partial charge on any atom is 0.0133 e. The third-order valence-electron chi connectivity index (χ3n) is 2.82.